The van der Waals surface area contributed by atoms with Gasteiger partial charge in [0.1, 0.15) is 18.5 Å². The number of ether oxygens (including phenoxy) is 1. The normalized spacial score (nSPS) is 13.4. The molecule has 0 aliphatic carbocycles. The molecule has 0 amide bonds. The predicted octanol–water partition coefficient (Wildman–Crippen LogP) is 1.74. The second-order valence-corrected chi connectivity index (χ2v) is 5.34. The van der Waals surface area contributed by atoms with Crippen LogP contribution in [0, 0.1) is 6.92 Å². The maximum atomic E-state index is 10.8. The van der Waals surface area contributed by atoms with Gasteiger partial charge < -0.3 is 4.74 Å². The Bertz CT molecular complexity index is 422. The molecule has 1 rings (SSSR count). The highest BCUT2D eigenvalue weighted by molar-refractivity contribution is 7.86. The van der Waals surface area contributed by atoms with Crippen molar-refractivity contribution in [1.29, 1.82) is 0 Å². The third kappa shape index (κ3) is 5.14. The summed E-state index contributed by atoms with van der Waals surface area (Å²) in [6, 6.07) is 7.53. The third-order valence-electron chi connectivity index (χ3n) is 1.84. The molecular weight excluding hydrogens is 228 g/mol. The summed E-state index contributed by atoms with van der Waals surface area (Å²) in [5.41, 5.74) is 1.15. The van der Waals surface area contributed by atoms with E-state index < -0.39 is 16.2 Å². The Balaban J connectivity index is 2.43. The van der Waals surface area contributed by atoms with E-state index in [1.807, 2.05) is 31.2 Å². The van der Waals surface area contributed by atoms with Crippen LogP contribution in [0.25, 0.3) is 0 Å². The summed E-state index contributed by atoms with van der Waals surface area (Å²) in [7, 11) is -3.41. The Morgan fingerprint density at radius 3 is 2.31 bits per heavy atom. The van der Waals surface area contributed by atoms with Crippen molar-refractivity contribution in [3.05, 3.63) is 29.8 Å². The van der Waals surface area contributed by atoms with Gasteiger partial charge in [0.2, 0.25) is 0 Å². The first-order valence-electron chi connectivity index (χ1n) is 4.94. The fourth-order valence-electron chi connectivity index (χ4n) is 1.17. The van der Waals surface area contributed by atoms with Gasteiger partial charge in [-0.2, -0.15) is 8.42 Å². The predicted molar refractivity (Wildman–Crippen MR) is 62.1 cm³/mol. The quantitative estimate of drug-likeness (QED) is 0.740. The van der Waals surface area contributed by atoms with E-state index in [2.05, 4.69) is 0 Å². The van der Waals surface area contributed by atoms with Crippen molar-refractivity contribution in [3.63, 3.8) is 0 Å². The average molecular weight is 244 g/mol. The average Bonchev–Trinajstić information content (AvgIpc) is 2.14. The van der Waals surface area contributed by atoms with E-state index >= 15 is 0 Å². The Morgan fingerprint density at radius 2 is 1.81 bits per heavy atom. The zero-order valence-corrected chi connectivity index (χ0v) is 10.5. The summed E-state index contributed by atoms with van der Waals surface area (Å²) in [4.78, 5) is 0. The van der Waals surface area contributed by atoms with E-state index in [4.69, 9.17) is 8.92 Å². The highest BCUT2D eigenvalue weighted by Gasteiger charge is 2.10. The van der Waals surface area contributed by atoms with E-state index in [1.54, 1.807) is 6.92 Å². The molecule has 0 aromatic heterocycles. The van der Waals surface area contributed by atoms with Gasteiger partial charge in [0.15, 0.2) is 0 Å². The minimum atomic E-state index is -3.41. The molecular formula is C11H16O4S. The van der Waals surface area contributed by atoms with Gasteiger partial charge >= 0.3 is 0 Å². The van der Waals surface area contributed by atoms with Gasteiger partial charge in [-0.05, 0) is 26.0 Å². The lowest BCUT2D eigenvalue weighted by Crippen LogP contribution is -2.21. The Kier molecular flexibility index (Phi) is 4.32. The zero-order valence-electron chi connectivity index (χ0n) is 9.64. The zero-order chi connectivity index (χ0) is 12.2. The first-order valence-corrected chi connectivity index (χ1v) is 6.76. The molecule has 16 heavy (non-hydrogen) atoms. The molecule has 0 N–H and O–H groups in total. The van der Waals surface area contributed by atoms with Crippen molar-refractivity contribution < 1.29 is 17.3 Å². The van der Waals surface area contributed by atoms with E-state index in [-0.39, 0.29) is 6.61 Å². The molecule has 5 heteroatoms. The van der Waals surface area contributed by atoms with Crippen LogP contribution in [-0.4, -0.2) is 27.4 Å². The fraction of sp³-hybridized carbons (Fsp3) is 0.455. The van der Waals surface area contributed by atoms with E-state index in [0.717, 1.165) is 11.8 Å². The minimum Gasteiger partial charge on any atom is -0.491 e. The second-order valence-electron chi connectivity index (χ2n) is 3.74. The van der Waals surface area contributed by atoms with Crippen LogP contribution < -0.4 is 4.74 Å². The van der Waals surface area contributed by atoms with Gasteiger partial charge in [-0.3, -0.25) is 4.18 Å². The maximum absolute atomic E-state index is 10.8. The van der Waals surface area contributed by atoms with Crippen LogP contribution in [0.3, 0.4) is 0 Å². The smallest absolute Gasteiger partial charge is 0.264 e. The van der Waals surface area contributed by atoms with Crippen molar-refractivity contribution >= 4 is 10.1 Å². The number of hydrogen-bond acceptors (Lipinski definition) is 4. The molecule has 0 radical (unpaired) electrons. The topological polar surface area (TPSA) is 52.6 Å². The first kappa shape index (κ1) is 13.0. The molecule has 1 aromatic rings. The maximum Gasteiger partial charge on any atom is 0.264 e. The summed E-state index contributed by atoms with van der Waals surface area (Å²) in [6.07, 6.45) is 0.534. The summed E-state index contributed by atoms with van der Waals surface area (Å²) in [6.45, 7) is 3.84. The van der Waals surface area contributed by atoms with Crippen LogP contribution in [0.15, 0.2) is 24.3 Å². The molecule has 0 spiro atoms. The van der Waals surface area contributed by atoms with Gasteiger partial charge in [-0.25, -0.2) is 0 Å². The van der Waals surface area contributed by atoms with Crippen LogP contribution in [0.5, 0.6) is 5.75 Å². The molecule has 0 bridgehead atoms. The van der Waals surface area contributed by atoms with Crippen molar-refractivity contribution in [2.45, 2.75) is 20.0 Å². The Hall–Kier alpha value is -1.07. The second kappa shape index (κ2) is 5.32. The summed E-state index contributed by atoms with van der Waals surface area (Å²) >= 11 is 0. The van der Waals surface area contributed by atoms with Gasteiger partial charge in [-0.15, -0.1) is 0 Å². The van der Waals surface area contributed by atoms with Gasteiger partial charge in [-0.1, -0.05) is 17.7 Å². The lowest BCUT2D eigenvalue weighted by molar-refractivity contribution is 0.150. The summed E-state index contributed by atoms with van der Waals surface area (Å²) in [5, 5.41) is 0. The summed E-state index contributed by atoms with van der Waals surface area (Å²) < 4.78 is 31.7. The molecule has 1 aromatic carbocycles. The van der Waals surface area contributed by atoms with Gasteiger partial charge in [0.05, 0.1) is 6.26 Å². The molecule has 0 aliphatic rings. The lowest BCUT2D eigenvalue weighted by atomic mass is 10.2. The molecule has 0 saturated carbocycles. The van der Waals surface area contributed by atoms with Gasteiger partial charge in [0.25, 0.3) is 10.1 Å². The minimum absolute atomic E-state index is 0.204. The van der Waals surface area contributed by atoms with Crippen LogP contribution >= 0.6 is 0 Å². The highest BCUT2D eigenvalue weighted by atomic mass is 32.2. The van der Waals surface area contributed by atoms with Crippen molar-refractivity contribution in [2.75, 3.05) is 12.9 Å². The van der Waals surface area contributed by atoms with Crippen molar-refractivity contribution in [1.82, 2.24) is 0 Å². The van der Waals surface area contributed by atoms with E-state index in [0.29, 0.717) is 5.75 Å². The molecule has 4 nitrogen and oxygen atoms in total. The number of rotatable bonds is 5. The summed E-state index contributed by atoms with van der Waals surface area (Å²) in [5.74, 6) is 0.703. The molecule has 0 aliphatic heterocycles. The third-order valence-corrected chi connectivity index (χ3v) is 2.52. The lowest BCUT2D eigenvalue weighted by Gasteiger charge is -2.12. The van der Waals surface area contributed by atoms with Gasteiger partial charge in [0, 0.05) is 0 Å². The molecule has 1 unspecified atom stereocenters. The number of benzene rings is 1. The van der Waals surface area contributed by atoms with Crippen LogP contribution in [0.4, 0.5) is 0 Å². The molecule has 0 fully saturated rings. The van der Waals surface area contributed by atoms with Crippen LogP contribution in [-0.2, 0) is 14.3 Å². The van der Waals surface area contributed by atoms with E-state index in [1.165, 1.54) is 0 Å². The highest BCUT2D eigenvalue weighted by Crippen LogP contribution is 2.12. The molecule has 1 atom stereocenters. The largest absolute Gasteiger partial charge is 0.491 e. The van der Waals surface area contributed by atoms with Crippen molar-refractivity contribution in [2.24, 2.45) is 0 Å². The Morgan fingerprint density at radius 1 is 1.25 bits per heavy atom. The monoisotopic (exact) mass is 244 g/mol. The Labute approximate surface area is 96.3 Å². The molecule has 90 valence electrons. The van der Waals surface area contributed by atoms with Crippen LogP contribution in [0.2, 0.25) is 0 Å². The number of aryl methyl sites for hydroxylation is 1. The standard InChI is InChI=1S/C11H16O4S/c1-9-4-6-11(7-5-9)14-8-10(2)15-16(3,12)13/h4-7,10H,8H2,1-3H3. The van der Waals surface area contributed by atoms with E-state index in [9.17, 15) is 8.42 Å². The molecule has 0 heterocycles. The van der Waals surface area contributed by atoms with Crippen LogP contribution in [0.1, 0.15) is 12.5 Å². The SMILES string of the molecule is Cc1ccc(OCC(C)OS(C)(=O)=O)cc1. The first-order chi connectivity index (χ1) is 7.37. The van der Waals surface area contributed by atoms with Crippen molar-refractivity contribution in [3.8, 4) is 5.75 Å². The molecule has 0 saturated heterocycles. The number of hydrogen-bond donors (Lipinski definition) is 0. The fourth-order valence-corrected chi connectivity index (χ4v) is 1.83.